The average molecular weight is 439 g/mol. The minimum Gasteiger partial charge on any atom is -0.340 e. The summed E-state index contributed by atoms with van der Waals surface area (Å²) in [7, 11) is 0. The van der Waals surface area contributed by atoms with Gasteiger partial charge in [-0.15, -0.1) is 24.8 Å². The molecule has 2 heterocycles. The fourth-order valence-electron chi connectivity index (χ4n) is 3.61. The minimum atomic E-state index is -0.638. The molecule has 6 nitrogen and oxygen atoms in total. The number of carbonyl (C=O) groups is 2. The van der Waals surface area contributed by atoms with Crippen LogP contribution >= 0.6 is 24.8 Å². The number of carbonyl (C=O) groups excluding carboxylic acids is 2. The molecule has 8 heteroatoms. The first-order valence-electron chi connectivity index (χ1n) is 9.34. The average Bonchev–Trinajstić information content (AvgIpc) is 3.09. The third-order valence-corrected chi connectivity index (χ3v) is 5.08. The molecule has 2 aromatic rings. The number of rotatable bonds is 6. The fourth-order valence-corrected chi connectivity index (χ4v) is 3.61. The van der Waals surface area contributed by atoms with Crippen LogP contribution in [0.3, 0.4) is 0 Å². The van der Waals surface area contributed by atoms with Crippen LogP contribution in [0.4, 0.5) is 0 Å². The van der Waals surface area contributed by atoms with Crippen LogP contribution in [0.1, 0.15) is 29.3 Å². The van der Waals surface area contributed by atoms with Gasteiger partial charge in [-0.1, -0.05) is 24.3 Å². The molecule has 2 amide bonds. The Hall–Kier alpha value is -2.15. The minimum absolute atomic E-state index is 0. The zero-order chi connectivity index (χ0) is 19.2. The molecule has 1 aromatic heterocycles. The lowest BCUT2D eigenvalue weighted by Gasteiger charge is -2.27. The summed E-state index contributed by atoms with van der Waals surface area (Å²) in [4.78, 5) is 31.9. The largest absolute Gasteiger partial charge is 0.340 e. The highest BCUT2D eigenvalue weighted by Gasteiger charge is 2.35. The van der Waals surface area contributed by atoms with E-state index in [9.17, 15) is 9.59 Å². The summed E-state index contributed by atoms with van der Waals surface area (Å²) in [6, 6.07) is 12.2. The Bertz CT molecular complexity index is 777. The van der Waals surface area contributed by atoms with E-state index in [1.54, 1.807) is 36.7 Å². The number of amides is 2. The molecule has 3 atom stereocenters. The molecule has 0 bridgehead atoms. The van der Waals surface area contributed by atoms with Gasteiger partial charge in [0.2, 0.25) is 5.91 Å². The van der Waals surface area contributed by atoms with Gasteiger partial charge in [-0.05, 0) is 49.6 Å². The Morgan fingerprint density at radius 1 is 1.21 bits per heavy atom. The summed E-state index contributed by atoms with van der Waals surface area (Å²) in [5.74, 6) is -0.000494. The Morgan fingerprint density at radius 3 is 2.52 bits per heavy atom. The molecule has 29 heavy (non-hydrogen) atoms. The second-order valence-electron chi connectivity index (χ2n) is 7.13. The molecule has 1 aromatic carbocycles. The number of hydrogen-bond acceptors (Lipinski definition) is 4. The van der Waals surface area contributed by atoms with Gasteiger partial charge < -0.3 is 16.0 Å². The van der Waals surface area contributed by atoms with E-state index in [4.69, 9.17) is 5.73 Å². The zero-order valence-electron chi connectivity index (χ0n) is 16.4. The number of nitrogens with two attached hydrogens (primary N) is 1. The highest BCUT2D eigenvalue weighted by Crippen LogP contribution is 2.23. The highest BCUT2D eigenvalue weighted by atomic mass is 35.5. The smallest absolute Gasteiger partial charge is 0.251 e. The summed E-state index contributed by atoms with van der Waals surface area (Å²) in [5.41, 5.74) is 7.25. The van der Waals surface area contributed by atoms with E-state index in [-0.39, 0.29) is 42.7 Å². The second-order valence-corrected chi connectivity index (χ2v) is 7.13. The van der Waals surface area contributed by atoms with Gasteiger partial charge in [0, 0.05) is 37.0 Å². The summed E-state index contributed by atoms with van der Waals surface area (Å²) in [5, 5.41) is 2.92. The molecule has 1 aliphatic heterocycles. The molecular weight excluding hydrogens is 411 g/mol. The van der Waals surface area contributed by atoms with Crippen molar-refractivity contribution in [2.75, 3.05) is 13.1 Å². The van der Waals surface area contributed by atoms with Gasteiger partial charge in [-0.3, -0.25) is 14.6 Å². The van der Waals surface area contributed by atoms with Gasteiger partial charge in [0.05, 0.1) is 0 Å². The highest BCUT2D eigenvalue weighted by molar-refractivity contribution is 5.97. The standard InChI is InChI=1S/C21H26N4O2.2ClH/c1-15-10-17(12-22)14-25(15)21(27)19(11-16-6-5-9-23-13-16)24-20(26)18-7-3-2-4-8-18;;/h2-9,13,15,17,19H,10-12,14,22H2,1H3,(H,24,26);2*1H. The summed E-state index contributed by atoms with van der Waals surface area (Å²) < 4.78 is 0. The number of nitrogens with zero attached hydrogens (tertiary/aromatic N) is 2. The van der Waals surface area contributed by atoms with E-state index in [0.717, 1.165) is 12.0 Å². The van der Waals surface area contributed by atoms with E-state index in [1.165, 1.54) is 0 Å². The normalized spacial score (nSPS) is 18.9. The molecule has 0 radical (unpaired) electrons. The van der Waals surface area contributed by atoms with Gasteiger partial charge in [0.25, 0.3) is 5.91 Å². The maximum Gasteiger partial charge on any atom is 0.251 e. The number of halogens is 2. The van der Waals surface area contributed by atoms with E-state index in [2.05, 4.69) is 10.3 Å². The predicted octanol–water partition coefficient (Wildman–Crippen LogP) is 2.46. The SMILES string of the molecule is CC1CC(CN)CN1C(=O)C(Cc1cccnc1)NC(=O)c1ccccc1.Cl.Cl. The molecule has 1 saturated heterocycles. The molecule has 158 valence electrons. The van der Waals surface area contributed by atoms with Crippen molar-refractivity contribution in [1.82, 2.24) is 15.2 Å². The topological polar surface area (TPSA) is 88.3 Å². The molecular formula is C21H28Cl2N4O2. The Kier molecular flexibility index (Phi) is 10.1. The first-order valence-corrected chi connectivity index (χ1v) is 9.34. The summed E-state index contributed by atoms with van der Waals surface area (Å²) in [6.45, 7) is 3.24. The van der Waals surface area contributed by atoms with Crippen LogP contribution < -0.4 is 11.1 Å². The number of benzene rings is 1. The van der Waals surface area contributed by atoms with E-state index in [1.807, 2.05) is 30.0 Å². The molecule has 0 saturated carbocycles. The molecule has 3 unspecified atom stereocenters. The quantitative estimate of drug-likeness (QED) is 0.724. The van der Waals surface area contributed by atoms with Crippen molar-refractivity contribution in [2.45, 2.75) is 31.8 Å². The van der Waals surface area contributed by atoms with Crippen molar-refractivity contribution < 1.29 is 9.59 Å². The lowest BCUT2D eigenvalue weighted by Crippen LogP contribution is -2.50. The molecule has 1 fully saturated rings. The Morgan fingerprint density at radius 2 is 1.93 bits per heavy atom. The van der Waals surface area contributed by atoms with Gasteiger partial charge in [-0.2, -0.15) is 0 Å². The lowest BCUT2D eigenvalue weighted by atomic mass is 10.1. The number of nitrogens with one attached hydrogen (secondary N) is 1. The van der Waals surface area contributed by atoms with Gasteiger partial charge in [0.15, 0.2) is 0 Å². The Balaban J connectivity index is 0.00000210. The van der Waals surface area contributed by atoms with E-state index in [0.29, 0.717) is 31.0 Å². The van der Waals surface area contributed by atoms with Crippen molar-refractivity contribution in [3.05, 3.63) is 66.0 Å². The first-order chi connectivity index (χ1) is 13.1. The number of likely N-dealkylation sites (tertiary alicyclic amines) is 1. The van der Waals surface area contributed by atoms with Crippen molar-refractivity contribution in [3.8, 4) is 0 Å². The molecule has 3 N–H and O–H groups in total. The van der Waals surface area contributed by atoms with Crippen LogP contribution in [0.15, 0.2) is 54.9 Å². The monoisotopic (exact) mass is 438 g/mol. The lowest BCUT2D eigenvalue weighted by molar-refractivity contribution is -0.133. The molecule has 1 aliphatic rings. The number of aromatic nitrogens is 1. The number of hydrogen-bond donors (Lipinski definition) is 2. The van der Waals surface area contributed by atoms with Crippen LogP contribution in [0.2, 0.25) is 0 Å². The number of pyridine rings is 1. The fraction of sp³-hybridized carbons (Fsp3) is 0.381. The molecule has 0 aliphatic carbocycles. The second kappa shape index (κ2) is 11.8. The maximum atomic E-state index is 13.2. The molecule has 0 spiro atoms. The van der Waals surface area contributed by atoms with Crippen LogP contribution in [0.5, 0.6) is 0 Å². The van der Waals surface area contributed by atoms with Crippen LogP contribution in [0, 0.1) is 5.92 Å². The Labute approximate surface area is 184 Å². The summed E-state index contributed by atoms with van der Waals surface area (Å²) in [6.07, 6.45) is 4.72. The van der Waals surface area contributed by atoms with Gasteiger partial charge in [-0.25, -0.2) is 0 Å². The van der Waals surface area contributed by atoms with Crippen LogP contribution in [0.25, 0.3) is 0 Å². The predicted molar refractivity (Wildman–Crippen MR) is 118 cm³/mol. The van der Waals surface area contributed by atoms with Crippen molar-refractivity contribution in [2.24, 2.45) is 11.7 Å². The van der Waals surface area contributed by atoms with Gasteiger partial charge >= 0.3 is 0 Å². The third kappa shape index (κ3) is 6.42. The van der Waals surface area contributed by atoms with E-state index < -0.39 is 6.04 Å². The molecule has 3 rings (SSSR count). The summed E-state index contributed by atoms with van der Waals surface area (Å²) >= 11 is 0. The van der Waals surface area contributed by atoms with Gasteiger partial charge in [0.1, 0.15) is 6.04 Å². The van der Waals surface area contributed by atoms with Crippen LogP contribution in [-0.4, -0.2) is 46.9 Å². The van der Waals surface area contributed by atoms with Crippen molar-refractivity contribution >= 4 is 36.6 Å². The van der Waals surface area contributed by atoms with Crippen molar-refractivity contribution in [1.29, 1.82) is 0 Å². The van der Waals surface area contributed by atoms with E-state index >= 15 is 0 Å². The maximum absolute atomic E-state index is 13.2. The third-order valence-electron chi connectivity index (χ3n) is 5.08. The zero-order valence-corrected chi connectivity index (χ0v) is 18.0. The first kappa shape index (κ1) is 24.9. The van der Waals surface area contributed by atoms with Crippen molar-refractivity contribution in [3.63, 3.8) is 0 Å². The van der Waals surface area contributed by atoms with Crippen LogP contribution in [-0.2, 0) is 11.2 Å².